The predicted octanol–water partition coefficient (Wildman–Crippen LogP) is 7.49. The third-order valence-electron chi connectivity index (χ3n) is 8.47. The summed E-state index contributed by atoms with van der Waals surface area (Å²) in [6.45, 7) is 4.96. The molecule has 9 nitrogen and oxygen atoms in total. The first-order valence-corrected chi connectivity index (χ1v) is 15.4. The highest BCUT2D eigenvalue weighted by Gasteiger charge is 2.32. The van der Waals surface area contributed by atoms with E-state index in [-0.39, 0.29) is 39.9 Å². The Morgan fingerprint density at radius 3 is 2.24 bits per heavy atom. The fraction of sp³-hybridized carbons (Fsp3) is 0.250. The van der Waals surface area contributed by atoms with Gasteiger partial charge in [0.1, 0.15) is 17.2 Å². The number of nitrogens with one attached hydrogen (secondary N) is 1. The second-order valence-electron chi connectivity index (χ2n) is 11.7. The standard InChI is InChI=1S/C36H34F3N5O4.BrH/c1-23-18-25(6-11-30(23)36(37,38)39)34(45)41-27-7-13-33(40-21-27)48-29-10-12-31-26(19-29)20-32(42(31)2)35(46)44-16-14-43(15-17-44)22-24-4-8-28(47-3)9-5-24;/h4-13,18-21H,14-17,22H2,1-3H3,(H,41,45);1H. The van der Waals surface area contributed by atoms with Crippen LogP contribution in [0, 0.1) is 6.92 Å². The number of carbonyl (C=O) groups excluding carboxylic acids is 2. The molecule has 3 heterocycles. The Balaban J connectivity index is 0.00000468. The maximum Gasteiger partial charge on any atom is 0.416 e. The van der Waals surface area contributed by atoms with Crippen LogP contribution in [0.2, 0.25) is 0 Å². The number of alkyl halides is 3. The third-order valence-corrected chi connectivity index (χ3v) is 8.47. The van der Waals surface area contributed by atoms with E-state index in [9.17, 15) is 22.8 Å². The third kappa shape index (κ3) is 8.06. The van der Waals surface area contributed by atoms with E-state index in [1.807, 2.05) is 46.8 Å². The number of piperazine rings is 1. The van der Waals surface area contributed by atoms with Crippen molar-refractivity contribution in [2.75, 3.05) is 38.6 Å². The number of hydrogen-bond acceptors (Lipinski definition) is 6. The number of hydrogen-bond donors (Lipinski definition) is 1. The molecule has 0 atom stereocenters. The number of benzene rings is 3. The summed E-state index contributed by atoms with van der Waals surface area (Å²) >= 11 is 0. The topological polar surface area (TPSA) is 88.9 Å². The molecule has 1 aliphatic heterocycles. The van der Waals surface area contributed by atoms with Crippen LogP contribution < -0.4 is 14.8 Å². The quantitative estimate of drug-likeness (QED) is 0.178. The van der Waals surface area contributed by atoms with Gasteiger partial charge in [0.25, 0.3) is 11.8 Å². The van der Waals surface area contributed by atoms with Crippen molar-refractivity contribution < 1.29 is 32.2 Å². The zero-order valence-corrected chi connectivity index (χ0v) is 28.8. The number of ether oxygens (including phenoxy) is 2. The highest BCUT2D eigenvalue weighted by atomic mass is 79.9. The molecule has 256 valence electrons. The van der Waals surface area contributed by atoms with Gasteiger partial charge in [0.15, 0.2) is 0 Å². The molecule has 1 N–H and O–H groups in total. The zero-order valence-electron chi connectivity index (χ0n) is 27.1. The number of rotatable bonds is 8. The van der Waals surface area contributed by atoms with Gasteiger partial charge in [-0.2, -0.15) is 13.2 Å². The summed E-state index contributed by atoms with van der Waals surface area (Å²) in [4.78, 5) is 34.6. The van der Waals surface area contributed by atoms with E-state index in [4.69, 9.17) is 9.47 Å². The first-order chi connectivity index (χ1) is 23.0. The molecule has 5 aromatic rings. The van der Waals surface area contributed by atoms with Crippen molar-refractivity contribution in [1.82, 2.24) is 19.4 Å². The first kappa shape index (κ1) is 35.4. The van der Waals surface area contributed by atoms with Gasteiger partial charge in [0.2, 0.25) is 5.88 Å². The van der Waals surface area contributed by atoms with E-state index in [2.05, 4.69) is 27.3 Å². The molecular weight excluding hydrogens is 703 g/mol. The summed E-state index contributed by atoms with van der Waals surface area (Å²) in [6.07, 6.45) is -3.09. The summed E-state index contributed by atoms with van der Waals surface area (Å²) < 4.78 is 52.2. The number of fused-ring (bicyclic) bond motifs is 1. The fourth-order valence-electron chi connectivity index (χ4n) is 5.82. The average molecular weight is 739 g/mol. The van der Waals surface area contributed by atoms with Crippen molar-refractivity contribution in [3.8, 4) is 17.4 Å². The summed E-state index contributed by atoms with van der Waals surface area (Å²) in [5.41, 5.74) is 2.31. The zero-order chi connectivity index (χ0) is 34.0. The van der Waals surface area contributed by atoms with Crippen LogP contribution in [0.5, 0.6) is 17.4 Å². The Morgan fingerprint density at radius 2 is 1.61 bits per heavy atom. The molecule has 3 aromatic carbocycles. The minimum Gasteiger partial charge on any atom is -0.497 e. The normalized spacial score (nSPS) is 13.6. The van der Waals surface area contributed by atoms with Gasteiger partial charge in [-0.1, -0.05) is 12.1 Å². The smallest absolute Gasteiger partial charge is 0.416 e. The number of aromatic nitrogens is 2. The summed E-state index contributed by atoms with van der Waals surface area (Å²) in [5.74, 6) is 1.04. The molecule has 13 heteroatoms. The Labute approximate surface area is 292 Å². The lowest BCUT2D eigenvalue weighted by molar-refractivity contribution is -0.138. The van der Waals surface area contributed by atoms with Crippen molar-refractivity contribution in [3.63, 3.8) is 0 Å². The first-order valence-electron chi connectivity index (χ1n) is 15.4. The molecule has 0 bridgehead atoms. The van der Waals surface area contributed by atoms with E-state index >= 15 is 0 Å². The molecular formula is C36H35BrF3N5O4. The maximum atomic E-state index is 13.5. The number of aryl methyl sites for hydroxylation is 2. The SMILES string of the molecule is Br.COc1ccc(CN2CCN(C(=O)c3cc4cc(Oc5ccc(NC(=O)c6ccc(C(F)(F)F)c(C)c6)cn5)ccc4n3C)CC2)cc1. The molecule has 0 radical (unpaired) electrons. The predicted molar refractivity (Wildman–Crippen MR) is 186 cm³/mol. The van der Waals surface area contributed by atoms with E-state index in [1.54, 1.807) is 25.3 Å². The second-order valence-corrected chi connectivity index (χ2v) is 11.7. The van der Waals surface area contributed by atoms with Crippen molar-refractivity contribution in [2.24, 2.45) is 7.05 Å². The van der Waals surface area contributed by atoms with Crippen molar-refractivity contribution in [2.45, 2.75) is 19.6 Å². The van der Waals surface area contributed by atoms with Gasteiger partial charge >= 0.3 is 6.18 Å². The summed E-state index contributed by atoms with van der Waals surface area (Å²) in [7, 11) is 3.52. The minimum absolute atomic E-state index is 0. The molecule has 0 aliphatic carbocycles. The number of nitrogens with zero attached hydrogens (tertiary/aromatic N) is 4. The van der Waals surface area contributed by atoms with Crippen LogP contribution in [0.25, 0.3) is 10.9 Å². The molecule has 1 fully saturated rings. The van der Waals surface area contributed by atoms with Gasteiger partial charge in [-0.3, -0.25) is 14.5 Å². The van der Waals surface area contributed by atoms with Crippen LogP contribution in [0.3, 0.4) is 0 Å². The average Bonchev–Trinajstić information content (AvgIpc) is 3.40. The number of carbonyl (C=O) groups is 2. The van der Waals surface area contributed by atoms with E-state index in [1.165, 1.54) is 24.8 Å². The molecule has 49 heavy (non-hydrogen) atoms. The lowest BCUT2D eigenvalue weighted by Crippen LogP contribution is -2.48. The molecule has 0 saturated carbocycles. The molecule has 1 saturated heterocycles. The Bertz CT molecular complexity index is 1960. The van der Waals surface area contributed by atoms with Crippen LogP contribution in [-0.2, 0) is 19.8 Å². The van der Waals surface area contributed by atoms with Crippen LogP contribution >= 0.6 is 17.0 Å². The highest BCUT2D eigenvalue weighted by Crippen LogP contribution is 2.32. The number of methoxy groups -OCH3 is 1. The van der Waals surface area contributed by atoms with Gasteiger partial charge in [-0.15, -0.1) is 17.0 Å². The molecule has 0 spiro atoms. The molecule has 0 unspecified atom stereocenters. The van der Waals surface area contributed by atoms with E-state index in [0.29, 0.717) is 30.2 Å². The molecule has 1 aliphatic rings. The Kier molecular flexibility index (Phi) is 10.6. The molecule has 6 rings (SSSR count). The maximum absolute atomic E-state index is 13.5. The number of pyridine rings is 1. The summed E-state index contributed by atoms with van der Waals surface area (Å²) in [6, 6.07) is 21.8. The Morgan fingerprint density at radius 1 is 0.898 bits per heavy atom. The second kappa shape index (κ2) is 14.7. The lowest BCUT2D eigenvalue weighted by Gasteiger charge is -2.34. The van der Waals surface area contributed by atoms with Gasteiger partial charge < -0.3 is 24.3 Å². The van der Waals surface area contributed by atoms with Gasteiger partial charge in [-0.25, -0.2) is 4.98 Å². The molecule has 2 aromatic heterocycles. The monoisotopic (exact) mass is 737 g/mol. The van der Waals surface area contributed by atoms with Crippen molar-refractivity contribution in [1.29, 1.82) is 0 Å². The van der Waals surface area contributed by atoms with Gasteiger partial charge in [0.05, 0.1) is 24.6 Å². The van der Waals surface area contributed by atoms with E-state index < -0.39 is 17.6 Å². The number of amides is 2. The number of halogens is 4. The largest absolute Gasteiger partial charge is 0.497 e. The van der Waals surface area contributed by atoms with Crippen LogP contribution in [-0.4, -0.2) is 64.5 Å². The minimum atomic E-state index is -4.49. The highest BCUT2D eigenvalue weighted by molar-refractivity contribution is 8.93. The Hall–Kier alpha value is -4.88. The van der Waals surface area contributed by atoms with Crippen molar-refractivity contribution in [3.05, 3.63) is 113 Å². The summed E-state index contributed by atoms with van der Waals surface area (Å²) in [5, 5.41) is 3.48. The molecule has 2 amide bonds. The van der Waals surface area contributed by atoms with Gasteiger partial charge in [0, 0.05) is 62.3 Å². The van der Waals surface area contributed by atoms with Crippen LogP contribution in [0.15, 0.2) is 85.1 Å². The van der Waals surface area contributed by atoms with Crippen LogP contribution in [0.1, 0.15) is 37.5 Å². The number of anilines is 1. The van der Waals surface area contributed by atoms with Crippen molar-refractivity contribution >= 4 is 45.4 Å². The lowest BCUT2D eigenvalue weighted by atomic mass is 10.0. The van der Waals surface area contributed by atoms with Crippen LogP contribution in [0.4, 0.5) is 18.9 Å². The fourth-order valence-corrected chi connectivity index (χ4v) is 5.82. The van der Waals surface area contributed by atoms with E-state index in [0.717, 1.165) is 48.4 Å². The van der Waals surface area contributed by atoms with Gasteiger partial charge in [-0.05, 0) is 78.7 Å².